The molecule has 0 bridgehead atoms. The Labute approximate surface area is 100 Å². The van der Waals surface area contributed by atoms with E-state index < -0.39 is 0 Å². The Morgan fingerprint density at radius 1 is 2.00 bits per heavy atom. The molecule has 0 spiro atoms. The van der Waals surface area contributed by atoms with Crippen molar-refractivity contribution < 1.29 is 63.3 Å². The zero-order valence-electron chi connectivity index (χ0n) is 6.18. The van der Waals surface area contributed by atoms with Gasteiger partial charge in [-0.25, -0.2) is 0 Å². The summed E-state index contributed by atoms with van der Waals surface area (Å²) in [5.74, 6) is 0. The zero-order valence-corrected chi connectivity index (χ0v) is 10.1. The molecule has 1 atom stereocenters. The second-order valence-electron chi connectivity index (χ2n) is 1.75. The molecule has 0 aromatic rings. The number of aliphatic hydroxyl groups excluding tert-OH is 1. The molecular weight excluding hydrogens is 176 g/mol. The molecule has 2 N–H and O–H groups in total. The van der Waals surface area contributed by atoms with Gasteiger partial charge in [-0.3, -0.25) is 0 Å². The van der Waals surface area contributed by atoms with E-state index in [1.165, 1.54) is 0 Å². The SMILES string of the molecule is [3H]OCC1[CH-]CCN1.[Rb+]. The molecule has 0 aromatic carbocycles. The van der Waals surface area contributed by atoms with Crippen LogP contribution in [0.4, 0.5) is 0 Å². The van der Waals surface area contributed by atoms with Crippen LogP contribution < -0.4 is 63.5 Å². The van der Waals surface area contributed by atoms with Gasteiger partial charge in [0.15, 0.2) is 0 Å². The van der Waals surface area contributed by atoms with E-state index >= 15 is 0 Å². The first-order chi connectivity index (χ1) is 3.93. The summed E-state index contributed by atoms with van der Waals surface area (Å²) in [6.45, 7) is 1.52. The van der Waals surface area contributed by atoms with Gasteiger partial charge in [-0.1, -0.05) is 6.04 Å². The van der Waals surface area contributed by atoms with Crippen molar-refractivity contribution in [2.75, 3.05) is 13.2 Å². The molecular formula is C5H10NORb. The Bertz CT molecular complexity index is 68.0. The fourth-order valence-electron chi connectivity index (χ4n) is 0.764. The van der Waals surface area contributed by atoms with Gasteiger partial charge in [-0.2, -0.15) is 6.42 Å². The van der Waals surface area contributed by atoms with E-state index in [1.54, 1.807) is 0 Å². The Morgan fingerprint density at radius 3 is 3.38 bits per heavy atom. The zero-order chi connectivity index (χ0) is 5.82. The minimum Gasteiger partial charge on any atom is -0.398 e. The van der Waals surface area contributed by atoms with Gasteiger partial charge >= 0.3 is 58.2 Å². The van der Waals surface area contributed by atoms with E-state index in [1.807, 2.05) is 0 Å². The van der Waals surface area contributed by atoms with Gasteiger partial charge in [-0.15, -0.1) is 0 Å². The fraction of sp³-hybridized carbons (Fsp3) is 0.800. The van der Waals surface area contributed by atoms with Crippen LogP contribution in [0.15, 0.2) is 0 Å². The summed E-state index contributed by atoms with van der Waals surface area (Å²) < 4.78 is 6.41. The van der Waals surface area contributed by atoms with Crippen molar-refractivity contribution in [3.05, 3.63) is 6.42 Å². The summed E-state index contributed by atoms with van der Waals surface area (Å²) in [7, 11) is 0. The Balaban J connectivity index is 0.000000640. The molecule has 0 aliphatic carbocycles. The minimum atomic E-state index is 0. The van der Waals surface area contributed by atoms with Crippen molar-refractivity contribution in [2.45, 2.75) is 12.5 Å². The second kappa shape index (κ2) is 5.51. The molecule has 2 nitrogen and oxygen atoms in total. The predicted molar refractivity (Wildman–Crippen MR) is 27.8 cm³/mol. The molecule has 1 rings (SSSR count). The van der Waals surface area contributed by atoms with Gasteiger partial charge in [0.05, 0.1) is 0 Å². The molecule has 3 heteroatoms. The van der Waals surface area contributed by atoms with Gasteiger partial charge in [0.25, 0.3) is 0 Å². The first-order valence-corrected chi connectivity index (χ1v) is 2.58. The van der Waals surface area contributed by atoms with Gasteiger partial charge in [0, 0.05) is 6.61 Å². The summed E-state index contributed by atoms with van der Waals surface area (Å²) in [6.07, 6.45) is 3.24. The molecule has 0 saturated carbocycles. The number of nitrogens with one attached hydrogen (secondary N) is 1. The topological polar surface area (TPSA) is 32.3 Å². The Morgan fingerprint density at radius 2 is 2.88 bits per heavy atom. The third kappa shape index (κ3) is 3.04. The quantitative estimate of drug-likeness (QED) is 0.441. The Hall–Kier alpha value is 1.73. The van der Waals surface area contributed by atoms with Crippen molar-refractivity contribution in [1.29, 1.82) is 1.43 Å². The molecule has 1 aliphatic rings. The molecule has 1 heterocycles. The minimum absolute atomic E-state index is 0. The van der Waals surface area contributed by atoms with Crippen LogP contribution >= 0.6 is 0 Å². The average molecular weight is 188 g/mol. The summed E-state index contributed by atoms with van der Waals surface area (Å²) in [4.78, 5) is 0. The van der Waals surface area contributed by atoms with E-state index in [-0.39, 0.29) is 58.2 Å². The smallest absolute Gasteiger partial charge is 0.398 e. The van der Waals surface area contributed by atoms with Crippen molar-refractivity contribution in [3.8, 4) is 0 Å². The number of aliphatic hydroxyl groups is 1. The van der Waals surface area contributed by atoms with Crippen LogP contribution in [0.2, 0.25) is 0 Å². The molecule has 1 saturated heterocycles. The predicted octanol–water partition coefficient (Wildman–Crippen LogP) is -3.45. The molecule has 1 fully saturated rings. The maximum atomic E-state index is 6.41. The van der Waals surface area contributed by atoms with E-state index in [0.29, 0.717) is 12.6 Å². The fourth-order valence-corrected chi connectivity index (χ4v) is 0.764. The summed E-state index contributed by atoms with van der Waals surface area (Å²) in [6, 6.07) is 0.326. The van der Waals surface area contributed by atoms with Crippen molar-refractivity contribution in [1.82, 2.24) is 5.32 Å². The molecule has 0 amide bonds. The van der Waals surface area contributed by atoms with E-state index in [0.717, 1.165) is 13.0 Å². The van der Waals surface area contributed by atoms with Crippen LogP contribution in [0.3, 0.4) is 0 Å². The van der Waals surface area contributed by atoms with Gasteiger partial charge in [0.1, 0.15) is 0 Å². The van der Waals surface area contributed by atoms with Crippen LogP contribution in [0.25, 0.3) is 0 Å². The normalized spacial score (nSPS) is 29.0. The molecule has 0 aromatic heterocycles. The monoisotopic (exact) mass is 187 g/mol. The van der Waals surface area contributed by atoms with Crippen LogP contribution in [0.1, 0.15) is 6.42 Å². The third-order valence-electron chi connectivity index (χ3n) is 1.18. The molecule has 8 heavy (non-hydrogen) atoms. The van der Waals surface area contributed by atoms with Crippen molar-refractivity contribution >= 4 is 0 Å². The third-order valence-corrected chi connectivity index (χ3v) is 1.18. The van der Waals surface area contributed by atoms with Crippen LogP contribution in [0, 0.1) is 6.42 Å². The van der Waals surface area contributed by atoms with E-state index in [9.17, 15) is 0 Å². The summed E-state index contributed by atoms with van der Waals surface area (Å²) in [5.41, 5.74) is 0. The number of hydrogen-bond acceptors (Lipinski definition) is 2. The molecule has 1 unspecified atom stereocenters. The van der Waals surface area contributed by atoms with Gasteiger partial charge in [-0.05, 0) is 6.54 Å². The second-order valence-corrected chi connectivity index (χ2v) is 1.75. The van der Waals surface area contributed by atoms with E-state index in [4.69, 9.17) is 1.43 Å². The van der Waals surface area contributed by atoms with Crippen LogP contribution in [-0.4, -0.2) is 25.7 Å². The Kier molecular flexibility index (Phi) is 5.39. The molecule has 1 aliphatic heterocycles. The number of rotatable bonds is 2. The summed E-state index contributed by atoms with van der Waals surface area (Å²) in [5, 5.41) is 7.34. The van der Waals surface area contributed by atoms with Crippen molar-refractivity contribution in [2.24, 2.45) is 0 Å². The van der Waals surface area contributed by atoms with E-state index in [2.05, 4.69) is 16.8 Å². The number of hydrogen-bond donors (Lipinski definition) is 2. The molecule has 0 radical (unpaired) electrons. The first-order valence-electron chi connectivity index (χ1n) is 2.99. The van der Waals surface area contributed by atoms with Crippen LogP contribution in [-0.2, 0) is 0 Å². The standard InChI is InChI=1S/C5H10NO.Rb/c7-4-5-2-1-3-6-5;/h2,5-7H,1,3-4H2;/q-1;+1/i7T;. The average Bonchev–Trinajstić information content (AvgIpc) is 2.19. The van der Waals surface area contributed by atoms with Gasteiger partial charge < -0.3 is 16.8 Å². The largest absolute Gasteiger partial charge is 1.00 e. The first kappa shape index (κ1) is 7.83. The van der Waals surface area contributed by atoms with Crippen LogP contribution in [0.5, 0.6) is 0 Å². The maximum Gasteiger partial charge on any atom is 1.00 e. The maximum absolute atomic E-state index is 6.41. The molecule has 42 valence electrons. The van der Waals surface area contributed by atoms with Gasteiger partial charge in [0.2, 0.25) is 1.43 Å². The van der Waals surface area contributed by atoms with Crippen molar-refractivity contribution in [3.63, 3.8) is 0 Å². The summed E-state index contributed by atoms with van der Waals surface area (Å²) >= 11 is 0.